The predicted molar refractivity (Wildman–Crippen MR) is 136 cm³/mol. The van der Waals surface area contributed by atoms with Gasteiger partial charge in [0.2, 0.25) is 5.91 Å². The largest absolute Gasteiger partial charge is 0.497 e. The zero-order valence-corrected chi connectivity index (χ0v) is 21.3. The summed E-state index contributed by atoms with van der Waals surface area (Å²) in [6.07, 6.45) is 0. The fourth-order valence-corrected chi connectivity index (χ4v) is 3.45. The number of anilines is 1. The first kappa shape index (κ1) is 26.0. The Kier molecular flexibility index (Phi) is 8.30. The number of methoxy groups -OCH3 is 2. The lowest BCUT2D eigenvalue weighted by atomic mass is 9.92. The van der Waals surface area contributed by atoms with E-state index in [1.807, 2.05) is 37.3 Å². The van der Waals surface area contributed by atoms with E-state index in [4.69, 9.17) is 14.6 Å². The highest BCUT2D eigenvalue weighted by molar-refractivity contribution is 5.99. The Morgan fingerprint density at radius 2 is 1.69 bits per heavy atom. The summed E-state index contributed by atoms with van der Waals surface area (Å²) >= 11 is 0. The van der Waals surface area contributed by atoms with E-state index in [2.05, 4.69) is 26.1 Å². The molecule has 186 valence electrons. The lowest BCUT2D eigenvalue weighted by Crippen LogP contribution is -2.40. The number of amides is 2. The van der Waals surface area contributed by atoms with Gasteiger partial charge in [0.05, 0.1) is 25.1 Å². The number of hydrogen-bond donors (Lipinski definition) is 1. The fraction of sp³-hybridized carbons (Fsp3) is 0.370. The van der Waals surface area contributed by atoms with Gasteiger partial charge in [0, 0.05) is 30.7 Å². The molecular weight excluding hydrogens is 444 g/mol. The third-order valence-electron chi connectivity index (χ3n) is 5.55. The van der Waals surface area contributed by atoms with Gasteiger partial charge in [-0.2, -0.15) is 5.10 Å². The summed E-state index contributed by atoms with van der Waals surface area (Å²) in [6.45, 7) is 8.69. The number of hydrogen-bond acceptors (Lipinski definition) is 5. The van der Waals surface area contributed by atoms with E-state index in [-0.39, 0.29) is 30.3 Å². The molecule has 1 aromatic heterocycles. The highest BCUT2D eigenvalue weighted by atomic mass is 16.5. The van der Waals surface area contributed by atoms with Crippen LogP contribution < -0.4 is 10.1 Å². The van der Waals surface area contributed by atoms with Gasteiger partial charge in [0.15, 0.2) is 0 Å². The fourth-order valence-electron chi connectivity index (χ4n) is 3.45. The molecule has 0 saturated carbocycles. The van der Waals surface area contributed by atoms with Gasteiger partial charge < -0.3 is 19.7 Å². The maximum absolute atomic E-state index is 13.1. The van der Waals surface area contributed by atoms with E-state index < -0.39 is 0 Å². The molecule has 0 unspecified atom stereocenters. The summed E-state index contributed by atoms with van der Waals surface area (Å²) in [5.41, 5.74) is 3.08. The average molecular weight is 479 g/mol. The monoisotopic (exact) mass is 478 g/mol. The SMILES string of the molecule is COCCN(CC(=O)Nc1cc(C(C)(C)C)nn1-c1ccc(C)cc1)C(=O)c1ccc(OC)cc1. The second-order valence-corrected chi connectivity index (χ2v) is 9.41. The average Bonchev–Trinajstić information content (AvgIpc) is 3.26. The summed E-state index contributed by atoms with van der Waals surface area (Å²) in [4.78, 5) is 27.7. The van der Waals surface area contributed by atoms with Crippen molar-refractivity contribution in [2.75, 3.05) is 39.2 Å². The number of aromatic nitrogens is 2. The minimum atomic E-state index is -0.323. The molecule has 0 aliphatic carbocycles. The van der Waals surface area contributed by atoms with Gasteiger partial charge in [0.1, 0.15) is 18.1 Å². The molecule has 0 radical (unpaired) electrons. The number of carbonyl (C=O) groups is 2. The number of aryl methyl sites for hydroxylation is 1. The van der Waals surface area contributed by atoms with Crippen LogP contribution in [0.25, 0.3) is 5.69 Å². The first-order chi connectivity index (χ1) is 16.6. The summed E-state index contributed by atoms with van der Waals surface area (Å²) in [5.74, 6) is 0.619. The van der Waals surface area contributed by atoms with Crippen molar-refractivity contribution in [3.63, 3.8) is 0 Å². The Hall–Kier alpha value is -3.65. The molecule has 0 saturated heterocycles. The lowest BCUT2D eigenvalue weighted by Gasteiger charge is -2.22. The van der Waals surface area contributed by atoms with Crippen molar-refractivity contribution < 1.29 is 19.1 Å². The van der Waals surface area contributed by atoms with Crippen LogP contribution in [0.5, 0.6) is 5.75 Å². The normalized spacial score (nSPS) is 11.3. The Morgan fingerprint density at radius 1 is 1.03 bits per heavy atom. The number of nitrogens with one attached hydrogen (secondary N) is 1. The van der Waals surface area contributed by atoms with Gasteiger partial charge in [-0.25, -0.2) is 4.68 Å². The Labute approximate surface area is 206 Å². The minimum Gasteiger partial charge on any atom is -0.497 e. The molecule has 3 rings (SSSR count). The van der Waals surface area contributed by atoms with Crippen LogP contribution in [0, 0.1) is 6.92 Å². The highest BCUT2D eigenvalue weighted by Crippen LogP contribution is 2.26. The molecule has 0 atom stereocenters. The number of carbonyl (C=O) groups excluding carboxylic acids is 2. The van der Waals surface area contributed by atoms with Crippen LogP contribution in [-0.2, 0) is 14.9 Å². The van der Waals surface area contributed by atoms with Crippen LogP contribution in [0.2, 0.25) is 0 Å². The van der Waals surface area contributed by atoms with Crippen molar-refractivity contribution in [3.8, 4) is 11.4 Å². The van der Waals surface area contributed by atoms with Crippen LogP contribution in [0.4, 0.5) is 5.82 Å². The van der Waals surface area contributed by atoms with Gasteiger partial charge in [-0.05, 0) is 43.3 Å². The Bertz CT molecular complexity index is 1150. The van der Waals surface area contributed by atoms with Gasteiger partial charge in [-0.1, -0.05) is 38.5 Å². The van der Waals surface area contributed by atoms with E-state index in [0.29, 0.717) is 23.7 Å². The summed E-state index contributed by atoms with van der Waals surface area (Å²) < 4.78 is 12.1. The number of rotatable bonds is 9. The van der Waals surface area contributed by atoms with Gasteiger partial charge in [-0.15, -0.1) is 0 Å². The maximum atomic E-state index is 13.1. The zero-order valence-electron chi connectivity index (χ0n) is 21.3. The van der Waals surface area contributed by atoms with Crippen LogP contribution in [0.1, 0.15) is 42.4 Å². The lowest BCUT2D eigenvalue weighted by molar-refractivity contribution is -0.117. The molecule has 2 amide bonds. The molecule has 8 nitrogen and oxygen atoms in total. The molecule has 0 aliphatic heterocycles. The maximum Gasteiger partial charge on any atom is 0.254 e. The van der Waals surface area contributed by atoms with Crippen molar-refractivity contribution in [1.29, 1.82) is 0 Å². The van der Waals surface area contributed by atoms with Gasteiger partial charge >= 0.3 is 0 Å². The molecule has 3 aromatic rings. The smallest absolute Gasteiger partial charge is 0.254 e. The van der Waals surface area contributed by atoms with Crippen LogP contribution >= 0.6 is 0 Å². The Balaban J connectivity index is 1.83. The first-order valence-electron chi connectivity index (χ1n) is 11.5. The quantitative estimate of drug-likeness (QED) is 0.498. The molecule has 2 aromatic carbocycles. The Morgan fingerprint density at radius 3 is 2.26 bits per heavy atom. The molecule has 1 heterocycles. The van der Waals surface area contributed by atoms with E-state index >= 15 is 0 Å². The van der Waals surface area contributed by atoms with E-state index in [1.54, 1.807) is 43.2 Å². The predicted octanol–water partition coefficient (Wildman–Crippen LogP) is 4.21. The molecule has 0 bridgehead atoms. The van der Waals surface area contributed by atoms with Crippen LogP contribution in [0.3, 0.4) is 0 Å². The topological polar surface area (TPSA) is 85.7 Å². The molecule has 0 aliphatic rings. The second kappa shape index (κ2) is 11.2. The van der Waals surface area contributed by atoms with E-state index in [1.165, 1.54) is 4.90 Å². The molecule has 1 N–H and O–H groups in total. The number of ether oxygens (including phenoxy) is 2. The molecule has 35 heavy (non-hydrogen) atoms. The number of nitrogens with zero attached hydrogens (tertiary/aromatic N) is 3. The third kappa shape index (κ3) is 6.70. The summed E-state index contributed by atoms with van der Waals surface area (Å²) in [7, 11) is 3.13. The minimum absolute atomic E-state index is 0.127. The van der Waals surface area contributed by atoms with Gasteiger partial charge in [0.25, 0.3) is 5.91 Å². The van der Waals surface area contributed by atoms with E-state index in [9.17, 15) is 9.59 Å². The molecular formula is C27H34N4O4. The highest BCUT2D eigenvalue weighted by Gasteiger charge is 2.23. The third-order valence-corrected chi connectivity index (χ3v) is 5.55. The van der Waals surface area contributed by atoms with Crippen molar-refractivity contribution in [2.45, 2.75) is 33.1 Å². The molecule has 0 spiro atoms. The summed E-state index contributed by atoms with van der Waals surface area (Å²) in [5, 5.41) is 7.71. The molecule has 8 heteroatoms. The standard InChI is InChI=1S/C27H34N4O4/c1-19-7-11-21(12-8-19)31-24(17-23(29-31)27(2,3)4)28-25(32)18-30(15-16-34-5)26(33)20-9-13-22(35-6)14-10-20/h7-14,17H,15-16,18H2,1-6H3,(H,28,32). The first-order valence-corrected chi connectivity index (χ1v) is 11.5. The zero-order chi connectivity index (χ0) is 25.6. The van der Waals surface area contributed by atoms with Crippen molar-refractivity contribution in [2.24, 2.45) is 0 Å². The molecule has 0 fully saturated rings. The van der Waals surface area contributed by atoms with Gasteiger partial charge in [-0.3, -0.25) is 9.59 Å². The van der Waals surface area contributed by atoms with Crippen molar-refractivity contribution in [3.05, 3.63) is 71.4 Å². The van der Waals surface area contributed by atoms with E-state index in [0.717, 1.165) is 16.9 Å². The second-order valence-electron chi connectivity index (χ2n) is 9.41. The van der Waals surface area contributed by atoms with Crippen molar-refractivity contribution in [1.82, 2.24) is 14.7 Å². The van der Waals surface area contributed by atoms with Crippen molar-refractivity contribution >= 4 is 17.6 Å². The summed E-state index contributed by atoms with van der Waals surface area (Å²) in [6, 6.07) is 16.6. The van der Waals surface area contributed by atoms with Crippen LogP contribution in [0.15, 0.2) is 54.6 Å². The number of benzene rings is 2. The van der Waals surface area contributed by atoms with Crippen LogP contribution in [-0.4, -0.2) is 60.4 Å².